The number of aromatic nitrogens is 4. The zero-order valence-corrected chi connectivity index (χ0v) is 20.4. The van der Waals surface area contributed by atoms with Crippen molar-refractivity contribution >= 4 is 33.8 Å². The zero-order valence-electron chi connectivity index (χ0n) is 18.8. The summed E-state index contributed by atoms with van der Waals surface area (Å²) in [5.74, 6) is 1.64. The first-order valence-corrected chi connectivity index (χ1v) is 12.5. The normalized spacial score (nSPS) is 13.5. The van der Waals surface area contributed by atoms with Crippen molar-refractivity contribution in [3.63, 3.8) is 0 Å². The van der Waals surface area contributed by atoms with E-state index < -0.39 is 0 Å². The molecule has 33 heavy (non-hydrogen) atoms. The lowest BCUT2D eigenvalue weighted by atomic mass is 10.2. The topological polar surface area (TPSA) is 89.2 Å². The van der Waals surface area contributed by atoms with Gasteiger partial charge in [0.05, 0.1) is 24.9 Å². The standard InChI is InChI=1S/C23H25N7OS2/c1-14-20(15(2)30(29-14)11-16-5-7-17(31-3)8-6-16)21-26-18(12-32-21)19-13-33-23(27-19)28-22-24-9-4-10-25-22/h5-8,12-13H,4,9-11H2,1-3H3,(H2,24,25,27,28). The molecule has 1 aliphatic heterocycles. The largest absolute Gasteiger partial charge is 0.497 e. The molecule has 10 heteroatoms. The molecule has 4 aromatic rings. The number of thiazole rings is 2. The third-order valence-electron chi connectivity index (χ3n) is 5.48. The summed E-state index contributed by atoms with van der Waals surface area (Å²) in [5, 5.41) is 17.2. The minimum absolute atomic E-state index is 0.702. The van der Waals surface area contributed by atoms with Gasteiger partial charge in [0.2, 0.25) is 0 Å². The van der Waals surface area contributed by atoms with Crippen LogP contribution < -0.4 is 15.4 Å². The molecule has 0 fully saturated rings. The Hall–Kier alpha value is -3.24. The fraction of sp³-hybridized carbons (Fsp3) is 0.304. The average Bonchev–Trinajstić information content (AvgIpc) is 3.55. The van der Waals surface area contributed by atoms with Crippen molar-refractivity contribution in [3.8, 4) is 27.7 Å². The second kappa shape index (κ2) is 9.32. The first kappa shape index (κ1) is 21.6. The van der Waals surface area contributed by atoms with E-state index in [0.717, 1.165) is 69.7 Å². The third kappa shape index (κ3) is 4.62. The quantitative estimate of drug-likeness (QED) is 0.421. The molecule has 0 aliphatic carbocycles. The lowest BCUT2D eigenvalue weighted by Gasteiger charge is -2.13. The van der Waals surface area contributed by atoms with Crippen molar-refractivity contribution in [2.45, 2.75) is 26.8 Å². The smallest absolute Gasteiger partial charge is 0.197 e. The van der Waals surface area contributed by atoms with Crippen LogP contribution in [-0.2, 0) is 6.54 Å². The summed E-state index contributed by atoms with van der Waals surface area (Å²) in [6, 6.07) is 8.09. The number of aryl methyl sites for hydroxylation is 1. The number of nitrogens with one attached hydrogen (secondary N) is 2. The molecule has 5 rings (SSSR count). The summed E-state index contributed by atoms with van der Waals surface area (Å²) >= 11 is 3.18. The van der Waals surface area contributed by atoms with E-state index in [4.69, 9.17) is 19.8 Å². The highest BCUT2D eigenvalue weighted by molar-refractivity contribution is 7.14. The Bertz CT molecular complexity index is 1290. The average molecular weight is 480 g/mol. The Morgan fingerprint density at radius 3 is 2.64 bits per heavy atom. The number of hydrogen-bond acceptors (Lipinski definition) is 9. The Kier molecular flexibility index (Phi) is 6.10. The second-order valence-corrected chi connectivity index (χ2v) is 9.48. The number of aliphatic imine (C=N–C) groups is 1. The minimum atomic E-state index is 0.702. The number of rotatable bonds is 6. The lowest BCUT2D eigenvalue weighted by molar-refractivity contribution is 0.414. The summed E-state index contributed by atoms with van der Waals surface area (Å²) in [5.41, 5.74) is 6.08. The number of hydrogen-bond donors (Lipinski definition) is 2. The number of ether oxygens (including phenoxy) is 1. The first-order chi connectivity index (χ1) is 16.1. The monoisotopic (exact) mass is 479 g/mol. The molecule has 170 valence electrons. The summed E-state index contributed by atoms with van der Waals surface area (Å²) in [7, 11) is 1.68. The molecule has 0 radical (unpaired) electrons. The summed E-state index contributed by atoms with van der Waals surface area (Å²) in [4.78, 5) is 14.0. The molecule has 4 heterocycles. The van der Waals surface area contributed by atoms with Crippen LogP contribution in [0.1, 0.15) is 23.4 Å². The molecule has 0 atom stereocenters. The molecular formula is C23H25N7OS2. The van der Waals surface area contributed by atoms with E-state index in [1.54, 1.807) is 29.8 Å². The SMILES string of the molecule is COc1ccc(Cn2nc(C)c(-c3nc(-c4csc(NC5=NCCCN5)n4)cs3)c2C)cc1. The maximum Gasteiger partial charge on any atom is 0.197 e. The zero-order chi connectivity index (χ0) is 22.8. The maximum absolute atomic E-state index is 5.26. The Labute approximate surface area is 200 Å². The van der Waals surface area contributed by atoms with Crippen molar-refractivity contribution < 1.29 is 4.74 Å². The van der Waals surface area contributed by atoms with Gasteiger partial charge in [0.25, 0.3) is 0 Å². The van der Waals surface area contributed by atoms with E-state index >= 15 is 0 Å². The number of nitrogens with zero attached hydrogens (tertiary/aromatic N) is 5. The molecule has 0 saturated heterocycles. The molecule has 0 unspecified atom stereocenters. The predicted molar refractivity (Wildman–Crippen MR) is 135 cm³/mol. The summed E-state index contributed by atoms with van der Waals surface area (Å²) in [6.07, 6.45) is 1.06. The fourth-order valence-corrected chi connectivity index (χ4v) is 5.40. The first-order valence-electron chi connectivity index (χ1n) is 10.7. The van der Waals surface area contributed by atoms with Gasteiger partial charge in [-0.2, -0.15) is 5.10 Å². The molecule has 0 saturated carbocycles. The Morgan fingerprint density at radius 1 is 1.09 bits per heavy atom. The van der Waals surface area contributed by atoms with E-state index in [1.807, 2.05) is 29.1 Å². The van der Waals surface area contributed by atoms with Crippen molar-refractivity contribution in [1.29, 1.82) is 0 Å². The van der Waals surface area contributed by atoms with Crippen LogP contribution in [0.25, 0.3) is 22.0 Å². The molecule has 0 bridgehead atoms. The van der Waals surface area contributed by atoms with Crippen molar-refractivity contribution in [2.75, 3.05) is 25.5 Å². The van der Waals surface area contributed by atoms with Crippen molar-refractivity contribution in [1.82, 2.24) is 25.1 Å². The molecule has 1 aromatic carbocycles. The molecule has 2 N–H and O–H groups in total. The number of benzene rings is 1. The van der Waals surface area contributed by atoms with E-state index in [-0.39, 0.29) is 0 Å². The van der Waals surface area contributed by atoms with Gasteiger partial charge >= 0.3 is 0 Å². The summed E-state index contributed by atoms with van der Waals surface area (Å²) < 4.78 is 7.29. The van der Waals surface area contributed by atoms with Gasteiger partial charge in [-0.3, -0.25) is 9.67 Å². The molecule has 8 nitrogen and oxygen atoms in total. The highest BCUT2D eigenvalue weighted by Gasteiger charge is 2.18. The fourth-order valence-electron chi connectivity index (χ4n) is 3.74. The van der Waals surface area contributed by atoms with Gasteiger partial charge in [-0.05, 0) is 38.0 Å². The van der Waals surface area contributed by atoms with E-state index in [2.05, 4.69) is 40.1 Å². The number of anilines is 1. The van der Waals surface area contributed by atoms with Gasteiger partial charge in [-0.25, -0.2) is 9.97 Å². The van der Waals surface area contributed by atoms with Gasteiger partial charge in [0.1, 0.15) is 22.1 Å². The van der Waals surface area contributed by atoms with E-state index in [9.17, 15) is 0 Å². The van der Waals surface area contributed by atoms with Gasteiger partial charge in [-0.15, -0.1) is 22.7 Å². The van der Waals surface area contributed by atoms with E-state index in [0.29, 0.717) is 6.54 Å². The minimum Gasteiger partial charge on any atom is -0.497 e. The van der Waals surface area contributed by atoms with Crippen LogP contribution in [0, 0.1) is 13.8 Å². The van der Waals surface area contributed by atoms with Crippen LogP contribution in [0.5, 0.6) is 5.75 Å². The van der Waals surface area contributed by atoms with Crippen LogP contribution in [0.3, 0.4) is 0 Å². The van der Waals surface area contributed by atoms with E-state index in [1.165, 1.54) is 5.56 Å². The predicted octanol–water partition coefficient (Wildman–Crippen LogP) is 4.57. The van der Waals surface area contributed by atoms with Crippen molar-refractivity contribution in [2.24, 2.45) is 4.99 Å². The maximum atomic E-state index is 5.26. The molecule has 0 spiro atoms. The molecule has 0 amide bonds. The Balaban J connectivity index is 1.35. The van der Waals surface area contributed by atoms with Gasteiger partial charge in [-0.1, -0.05) is 12.1 Å². The number of methoxy groups -OCH3 is 1. The lowest BCUT2D eigenvalue weighted by Crippen LogP contribution is -2.35. The van der Waals surface area contributed by atoms with Gasteiger partial charge in [0, 0.05) is 29.5 Å². The van der Waals surface area contributed by atoms with Crippen LogP contribution in [-0.4, -0.2) is 45.9 Å². The second-order valence-electron chi connectivity index (χ2n) is 7.76. The van der Waals surface area contributed by atoms with Crippen LogP contribution in [0.4, 0.5) is 5.13 Å². The van der Waals surface area contributed by atoms with Crippen LogP contribution in [0.2, 0.25) is 0 Å². The summed E-state index contributed by atoms with van der Waals surface area (Å²) in [6.45, 7) is 6.62. The third-order valence-corrected chi connectivity index (χ3v) is 7.10. The highest BCUT2D eigenvalue weighted by Crippen LogP contribution is 2.34. The van der Waals surface area contributed by atoms with Gasteiger partial charge in [0.15, 0.2) is 11.1 Å². The van der Waals surface area contributed by atoms with Crippen LogP contribution in [0.15, 0.2) is 40.0 Å². The van der Waals surface area contributed by atoms with Crippen molar-refractivity contribution in [3.05, 3.63) is 52.0 Å². The molecular weight excluding hydrogens is 454 g/mol. The van der Waals surface area contributed by atoms with Gasteiger partial charge < -0.3 is 15.4 Å². The molecule has 3 aromatic heterocycles. The number of guanidine groups is 1. The van der Waals surface area contributed by atoms with Crippen LogP contribution >= 0.6 is 22.7 Å². The molecule has 1 aliphatic rings. The highest BCUT2D eigenvalue weighted by atomic mass is 32.1. The Morgan fingerprint density at radius 2 is 1.88 bits per heavy atom.